The summed E-state index contributed by atoms with van der Waals surface area (Å²) >= 11 is 7.01. The molecule has 5 fully saturated rings. The zero-order valence-electron chi connectivity index (χ0n) is 24.8. The molecule has 6 aliphatic rings. The molecule has 6 nitrogen and oxygen atoms in total. The second-order valence-corrected chi connectivity index (χ2v) is 14.5. The average Bonchev–Trinajstić information content (AvgIpc) is 3.68. The van der Waals surface area contributed by atoms with Gasteiger partial charge in [-0.2, -0.15) is 0 Å². The first-order valence-corrected chi connectivity index (χ1v) is 16.1. The van der Waals surface area contributed by atoms with Gasteiger partial charge in [0.2, 0.25) is 0 Å². The highest BCUT2D eigenvalue weighted by molar-refractivity contribution is 6.34. The van der Waals surface area contributed by atoms with Crippen molar-refractivity contribution in [2.75, 3.05) is 5.32 Å². The normalized spacial score (nSPS) is 33.0. The van der Waals surface area contributed by atoms with E-state index in [-0.39, 0.29) is 11.4 Å². The Morgan fingerprint density at radius 3 is 2.37 bits per heavy atom. The van der Waals surface area contributed by atoms with Gasteiger partial charge in [-0.25, -0.2) is 9.07 Å². The van der Waals surface area contributed by atoms with Crippen LogP contribution < -0.4 is 10.6 Å². The number of anilines is 1. The third-order valence-corrected chi connectivity index (χ3v) is 11.1. The van der Waals surface area contributed by atoms with Crippen molar-refractivity contribution < 1.29 is 4.39 Å². The monoisotopic (exact) mass is 594 g/mol. The van der Waals surface area contributed by atoms with Gasteiger partial charge in [-0.05, 0) is 118 Å². The molecule has 9 heteroatoms. The summed E-state index contributed by atoms with van der Waals surface area (Å²) in [4.78, 5) is 4.84. The van der Waals surface area contributed by atoms with Crippen LogP contribution in [0.5, 0.6) is 0 Å². The van der Waals surface area contributed by atoms with Crippen LogP contribution in [0.3, 0.4) is 0 Å². The molecule has 2 N–H and O–H groups in total. The van der Waals surface area contributed by atoms with Crippen LogP contribution in [0.15, 0.2) is 59.2 Å². The van der Waals surface area contributed by atoms with E-state index in [9.17, 15) is 4.39 Å². The maximum Gasteiger partial charge on any atom is 0.123 e. The third-order valence-electron chi connectivity index (χ3n) is 10.9. The number of hydrogen-bond acceptors (Lipinski definition) is 5. The molecule has 9 rings (SSSR count). The maximum absolute atomic E-state index is 14.0. The molecule has 1 aromatic heterocycles. The van der Waals surface area contributed by atoms with E-state index in [1.165, 1.54) is 50.7 Å². The molecule has 2 radical (unpaired) electrons. The lowest BCUT2D eigenvalue weighted by Gasteiger charge is -2.59. The van der Waals surface area contributed by atoms with Crippen LogP contribution in [0.1, 0.15) is 88.1 Å². The van der Waals surface area contributed by atoms with E-state index in [4.69, 9.17) is 24.4 Å². The molecule has 0 saturated heterocycles. The number of rotatable bonds is 7. The van der Waals surface area contributed by atoms with Crippen molar-refractivity contribution in [3.63, 3.8) is 0 Å². The number of benzene rings is 2. The first-order chi connectivity index (χ1) is 20.7. The lowest BCUT2D eigenvalue weighted by atomic mass is 9.52. The molecule has 2 atom stereocenters. The molecule has 0 amide bonds. The smallest absolute Gasteiger partial charge is 0.123 e. The molecule has 2 heterocycles. The molecule has 4 bridgehead atoms. The molecule has 2 unspecified atom stereocenters. The SMILES string of the molecule is [B]C(Nc1cc(Cl)c2c(c1)C(C)(NC13CC4CC(CC(C4)C1)C3)/C(=C\C)C=N2)(c1ccc(F)cc1)c1cn(C2CC2)nn1. The molecular weight excluding hydrogens is 558 g/mol. The van der Waals surface area contributed by atoms with Crippen LogP contribution in [0.25, 0.3) is 0 Å². The molecule has 43 heavy (non-hydrogen) atoms. The summed E-state index contributed by atoms with van der Waals surface area (Å²) in [6, 6.07) is 10.6. The van der Waals surface area contributed by atoms with E-state index in [0.717, 1.165) is 53.1 Å². The minimum atomic E-state index is -1.27. The number of fused-ring (bicyclic) bond motifs is 1. The Bertz CT molecular complexity index is 1610. The Kier molecular flexibility index (Phi) is 6.26. The Balaban J connectivity index is 1.21. The molecule has 5 aliphatic carbocycles. The minimum absolute atomic E-state index is 0.114. The van der Waals surface area contributed by atoms with E-state index < -0.39 is 11.0 Å². The predicted octanol–water partition coefficient (Wildman–Crippen LogP) is 7.32. The number of hydrogen-bond donors (Lipinski definition) is 2. The van der Waals surface area contributed by atoms with Crippen LogP contribution in [0, 0.1) is 23.6 Å². The number of aromatic nitrogens is 3. The maximum atomic E-state index is 14.0. The van der Waals surface area contributed by atoms with Gasteiger partial charge in [0, 0.05) is 23.0 Å². The average molecular weight is 595 g/mol. The second-order valence-electron chi connectivity index (χ2n) is 14.1. The highest BCUT2D eigenvalue weighted by Crippen LogP contribution is 2.57. The fraction of sp³-hybridized carbons (Fsp3) is 0.500. The Labute approximate surface area is 259 Å². The fourth-order valence-corrected chi connectivity index (χ4v) is 9.37. The van der Waals surface area contributed by atoms with E-state index >= 15 is 0 Å². The predicted molar refractivity (Wildman–Crippen MR) is 170 cm³/mol. The van der Waals surface area contributed by atoms with Gasteiger partial charge in [-0.15, -0.1) is 5.10 Å². The standard InChI is InChI=1S/C34H37BClFN6/c1-3-23-18-38-31-28(32(23,2)41-33-15-20-10-21(16-33)12-22(11-20)17-33)13-26(14-29(31)36)39-34(35,24-4-6-25(37)7-5-24)30-19-43(42-40-30)27-8-9-27/h3-7,13-14,18-22,27,39,41H,8-12,15-17H2,1-2H3/b23-3-. The van der Waals surface area contributed by atoms with Gasteiger partial charge >= 0.3 is 0 Å². The summed E-state index contributed by atoms with van der Waals surface area (Å²) in [7, 11) is 7.19. The van der Waals surface area contributed by atoms with Gasteiger partial charge in [0.15, 0.2) is 0 Å². The van der Waals surface area contributed by atoms with Crippen molar-refractivity contribution in [1.82, 2.24) is 20.3 Å². The van der Waals surface area contributed by atoms with Crippen LogP contribution in [-0.4, -0.2) is 34.6 Å². The van der Waals surface area contributed by atoms with Crippen molar-refractivity contribution in [2.24, 2.45) is 22.7 Å². The van der Waals surface area contributed by atoms with E-state index in [2.05, 4.69) is 46.9 Å². The molecule has 0 spiro atoms. The largest absolute Gasteiger partial charge is 0.378 e. The zero-order valence-corrected chi connectivity index (χ0v) is 25.5. The molecular formula is C34H37BClFN6. The zero-order chi connectivity index (χ0) is 29.6. The van der Waals surface area contributed by atoms with Crippen molar-refractivity contribution in [1.29, 1.82) is 0 Å². The minimum Gasteiger partial charge on any atom is -0.378 e. The number of nitrogens with one attached hydrogen (secondary N) is 2. The molecule has 5 saturated carbocycles. The summed E-state index contributed by atoms with van der Waals surface area (Å²) in [6.45, 7) is 4.36. The summed E-state index contributed by atoms with van der Waals surface area (Å²) in [5, 5.41) is 17.2. The van der Waals surface area contributed by atoms with Gasteiger partial charge in [0.25, 0.3) is 0 Å². The van der Waals surface area contributed by atoms with Crippen molar-refractivity contribution >= 4 is 37.0 Å². The van der Waals surface area contributed by atoms with Crippen molar-refractivity contribution in [2.45, 2.75) is 87.8 Å². The highest BCUT2D eigenvalue weighted by atomic mass is 35.5. The van der Waals surface area contributed by atoms with Gasteiger partial charge in [-0.1, -0.05) is 35.0 Å². The summed E-state index contributed by atoms with van der Waals surface area (Å²) in [5.74, 6) is 2.14. The first-order valence-electron chi connectivity index (χ1n) is 15.8. The summed E-state index contributed by atoms with van der Waals surface area (Å²) in [6.07, 6.45) is 16.0. The van der Waals surface area contributed by atoms with Gasteiger partial charge in [0.05, 0.1) is 33.9 Å². The fourth-order valence-electron chi connectivity index (χ4n) is 9.10. The third kappa shape index (κ3) is 4.59. The Hall–Kier alpha value is -2.97. The lowest BCUT2D eigenvalue weighted by Crippen LogP contribution is -2.64. The topological polar surface area (TPSA) is 67.1 Å². The summed E-state index contributed by atoms with van der Waals surface area (Å²) in [5.41, 5.74) is 3.26. The van der Waals surface area contributed by atoms with Gasteiger partial charge < -0.3 is 5.32 Å². The van der Waals surface area contributed by atoms with Crippen LogP contribution in [-0.2, 0) is 11.0 Å². The van der Waals surface area contributed by atoms with E-state index in [1.54, 1.807) is 12.1 Å². The van der Waals surface area contributed by atoms with Crippen LogP contribution in [0.4, 0.5) is 15.8 Å². The number of aliphatic imine (C=N–C) groups is 1. The van der Waals surface area contributed by atoms with Crippen LogP contribution in [0.2, 0.25) is 5.02 Å². The van der Waals surface area contributed by atoms with Crippen LogP contribution >= 0.6 is 11.6 Å². The number of halogens is 2. The lowest BCUT2D eigenvalue weighted by molar-refractivity contribution is -0.0310. The van der Waals surface area contributed by atoms with E-state index in [1.807, 2.05) is 23.2 Å². The first kappa shape index (κ1) is 27.6. The molecule has 3 aromatic rings. The Morgan fingerprint density at radius 2 is 1.74 bits per heavy atom. The molecule has 2 aromatic carbocycles. The second kappa shape index (κ2) is 9.77. The van der Waals surface area contributed by atoms with Crippen molar-refractivity contribution in [3.8, 4) is 0 Å². The molecule has 1 aliphatic heterocycles. The van der Waals surface area contributed by atoms with Gasteiger partial charge in [-0.3, -0.25) is 10.3 Å². The van der Waals surface area contributed by atoms with E-state index in [0.29, 0.717) is 22.3 Å². The summed E-state index contributed by atoms with van der Waals surface area (Å²) < 4.78 is 15.9. The number of nitrogens with zero attached hydrogens (tertiary/aromatic N) is 4. The number of allylic oxidation sites excluding steroid dienone is 1. The Morgan fingerprint density at radius 1 is 1.07 bits per heavy atom. The molecule has 220 valence electrons. The highest BCUT2D eigenvalue weighted by Gasteiger charge is 2.54. The van der Waals surface area contributed by atoms with Gasteiger partial charge in [0.1, 0.15) is 19.4 Å². The quantitative estimate of drug-likeness (QED) is 0.281. The van der Waals surface area contributed by atoms with Crippen molar-refractivity contribution in [3.05, 3.63) is 81.9 Å².